The van der Waals surface area contributed by atoms with Crippen molar-refractivity contribution in [3.05, 3.63) is 164 Å². The van der Waals surface area contributed by atoms with Crippen LogP contribution >= 0.6 is 0 Å². The maximum Gasteiger partial charge on any atom is 0.256 e. The molecule has 0 unspecified atom stereocenters. The maximum absolute atomic E-state index is 7.10. The van der Waals surface area contributed by atoms with Gasteiger partial charge in [-0.05, 0) is 93.0 Å². The van der Waals surface area contributed by atoms with Gasteiger partial charge in [-0.15, -0.1) is 0 Å². The molecular formula is C48H27B2N3O. The van der Waals surface area contributed by atoms with Crippen molar-refractivity contribution in [2.24, 2.45) is 0 Å². The van der Waals surface area contributed by atoms with Crippen LogP contribution in [0, 0.1) is 0 Å². The number of fused-ring (bicyclic) bond motifs is 16. The van der Waals surface area contributed by atoms with E-state index in [0.717, 1.165) is 22.9 Å². The quantitative estimate of drug-likeness (QED) is 0.165. The first-order valence-corrected chi connectivity index (χ1v) is 18.8. The topological polar surface area (TPSA) is 20.6 Å². The summed E-state index contributed by atoms with van der Waals surface area (Å²) in [6.45, 7) is 0.182. The highest BCUT2D eigenvalue weighted by Gasteiger charge is 2.48. The lowest BCUT2D eigenvalue weighted by Crippen LogP contribution is -2.59. The summed E-state index contributed by atoms with van der Waals surface area (Å²) in [6, 6.07) is 60.6. The fourth-order valence-corrected chi connectivity index (χ4v) is 10.8. The second-order valence-electron chi connectivity index (χ2n) is 15.2. The molecule has 6 heterocycles. The Morgan fingerprint density at radius 2 is 1.11 bits per heavy atom. The van der Waals surface area contributed by atoms with E-state index in [2.05, 4.69) is 178 Å². The molecule has 5 aliphatic rings. The van der Waals surface area contributed by atoms with Gasteiger partial charge in [0, 0.05) is 33.9 Å². The van der Waals surface area contributed by atoms with E-state index < -0.39 is 0 Å². The van der Waals surface area contributed by atoms with E-state index in [-0.39, 0.29) is 13.4 Å². The summed E-state index contributed by atoms with van der Waals surface area (Å²) in [7, 11) is 0. The molecule has 1 aromatic heterocycles. The summed E-state index contributed by atoms with van der Waals surface area (Å²) >= 11 is 0. The van der Waals surface area contributed by atoms with Crippen molar-refractivity contribution in [1.82, 2.24) is 4.57 Å². The minimum absolute atomic E-state index is 0.0101. The van der Waals surface area contributed by atoms with Crippen LogP contribution in [0.1, 0.15) is 0 Å². The van der Waals surface area contributed by atoms with Gasteiger partial charge in [-0.2, -0.15) is 0 Å². The molecule has 9 aromatic rings. The number of rotatable bonds is 1. The molecule has 14 rings (SSSR count). The van der Waals surface area contributed by atoms with E-state index in [1.807, 2.05) is 0 Å². The first-order chi connectivity index (χ1) is 26.8. The smallest absolute Gasteiger partial charge is 0.256 e. The van der Waals surface area contributed by atoms with Crippen LogP contribution in [0.4, 0.5) is 34.1 Å². The maximum atomic E-state index is 7.10. The first kappa shape index (κ1) is 27.7. The third-order valence-electron chi connectivity index (χ3n) is 12.7. The highest BCUT2D eigenvalue weighted by Crippen LogP contribution is 2.57. The summed E-state index contributed by atoms with van der Waals surface area (Å²) in [6.07, 6.45) is 0. The number of hydrogen-bond acceptors (Lipinski definition) is 3. The van der Waals surface area contributed by atoms with Gasteiger partial charge in [-0.25, -0.2) is 0 Å². The molecule has 8 aromatic carbocycles. The Hall–Kier alpha value is -6.91. The molecule has 0 amide bonds. The number of nitrogens with zero attached hydrogens (tertiary/aromatic N) is 3. The minimum Gasteiger partial charge on any atom is -0.458 e. The molecular weight excluding hydrogens is 656 g/mol. The minimum atomic E-state index is 0.0101. The molecule has 5 aliphatic heterocycles. The summed E-state index contributed by atoms with van der Waals surface area (Å²) in [4.78, 5) is 5.03. The largest absolute Gasteiger partial charge is 0.458 e. The normalized spacial score (nSPS) is 14.3. The van der Waals surface area contributed by atoms with Crippen molar-refractivity contribution < 1.29 is 4.74 Å². The highest BCUT2D eigenvalue weighted by atomic mass is 16.5. The number of benzene rings is 8. The van der Waals surface area contributed by atoms with Crippen molar-refractivity contribution in [3.63, 3.8) is 0 Å². The van der Waals surface area contributed by atoms with Gasteiger partial charge in [-0.1, -0.05) is 109 Å². The second kappa shape index (κ2) is 9.54. The number of aromatic nitrogens is 1. The molecule has 0 aliphatic carbocycles. The summed E-state index contributed by atoms with van der Waals surface area (Å²) < 4.78 is 9.57. The Morgan fingerprint density at radius 3 is 2.00 bits per heavy atom. The van der Waals surface area contributed by atoms with Crippen LogP contribution in [0.2, 0.25) is 0 Å². The fraction of sp³-hybridized carbons (Fsp3) is 0. The van der Waals surface area contributed by atoms with Crippen LogP contribution in [0.3, 0.4) is 0 Å². The zero-order valence-corrected chi connectivity index (χ0v) is 29.0. The molecule has 0 radical (unpaired) electrons. The summed E-state index contributed by atoms with van der Waals surface area (Å²) in [5.74, 6) is 1.84. The number of hydrogen-bond donors (Lipinski definition) is 0. The van der Waals surface area contributed by atoms with Gasteiger partial charge in [0.15, 0.2) is 0 Å². The third kappa shape index (κ3) is 3.14. The molecule has 0 saturated carbocycles. The van der Waals surface area contributed by atoms with Crippen molar-refractivity contribution >= 4 is 102 Å². The third-order valence-corrected chi connectivity index (χ3v) is 12.7. The van der Waals surface area contributed by atoms with Crippen molar-refractivity contribution in [2.45, 2.75) is 0 Å². The first-order valence-electron chi connectivity index (χ1n) is 18.8. The van der Waals surface area contributed by atoms with Gasteiger partial charge in [-0.3, -0.25) is 0 Å². The molecule has 0 fully saturated rings. The van der Waals surface area contributed by atoms with Crippen LogP contribution < -0.4 is 47.3 Å². The van der Waals surface area contributed by atoms with Gasteiger partial charge in [0.05, 0.1) is 33.8 Å². The molecule has 54 heavy (non-hydrogen) atoms. The van der Waals surface area contributed by atoms with Crippen LogP contribution in [0.5, 0.6) is 11.5 Å². The molecule has 6 heteroatoms. The Labute approximate surface area is 312 Å². The van der Waals surface area contributed by atoms with Crippen molar-refractivity contribution in [3.8, 4) is 28.3 Å². The standard InChI is InChI=1S/C48H27B2N3O/c1-2-12-28(13-3-1)51-40-24-22-31-29-14-4-6-16-33(29)49-34-17-7-11-21-39(34)53(48(40)45(31)49)41-26-36-44(27-42(41)51)54-43-25-23-32-30-15-5-9-19-37(30)52-38-20-10-8-18-35(38)50(36)46(43)47(32)52/h1-27H. The van der Waals surface area contributed by atoms with E-state index in [9.17, 15) is 0 Å². The highest BCUT2D eigenvalue weighted by molar-refractivity contribution is 7.02. The monoisotopic (exact) mass is 683 g/mol. The summed E-state index contributed by atoms with van der Waals surface area (Å²) in [5.41, 5.74) is 21.4. The fourth-order valence-electron chi connectivity index (χ4n) is 10.8. The lowest BCUT2D eigenvalue weighted by atomic mass is 9.34. The molecule has 0 atom stereocenters. The molecule has 4 nitrogen and oxygen atoms in total. The lowest BCUT2D eigenvalue weighted by Gasteiger charge is -2.46. The summed E-state index contributed by atoms with van der Waals surface area (Å²) in [5, 5.41) is 2.54. The number of para-hydroxylation sites is 4. The predicted molar refractivity (Wildman–Crippen MR) is 225 cm³/mol. The van der Waals surface area contributed by atoms with E-state index in [1.54, 1.807) is 0 Å². The molecule has 0 saturated heterocycles. The lowest BCUT2D eigenvalue weighted by molar-refractivity contribution is 0.488. The van der Waals surface area contributed by atoms with Gasteiger partial charge in [0.1, 0.15) is 11.5 Å². The molecule has 246 valence electrons. The van der Waals surface area contributed by atoms with E-state index >= 15 is 0 Å². The SMILES string of the molecule is c1ccc(N2c3cc4c(cc3N3c5ccccc5B5c6ccccc6-c6ccc2c3c65)B2c3ccccc3-n3c5ccccc5c5ccc(c2c53)O4)cc1. The van der Waals surface area contributed by atoms with Crippen molar-refractivity contribution in [2.75, 3.05) is 9.80 Å². The predicted octanol–water partition coefficient (Wildman–Crippen LogP) is 7.78. The average Bonchev–Trinajstić information content (AvgIpc) is 3.76. The van der Waals surface area contributed by atoms with E-state index in [4.69, 9.17) is 4.74 Å². The van der Waals surface area contributed by atoms with Crippen LogP contribution in [-0.4, -0.2) is 18.0 Å². The molecule has 0 N–H and O–H groups in total. The Bertz CT molecular complexity index is 3190. The number of anilines is 6. The Balaban J connectivity index is 1.10. The second-order valence-corrected chi connectivity index (χ2v) is 15.2. The Morgan fingerprint density at radius 1 is 0.407 bits per heavy atom. The van der Waals surface area contributed by atoms with Crippen LogP contribution in [0.25, 0.3) is 38.6 Å². The molecule has 0 spiro atoms. The van der Waals surface area contributed by atoms with Crippen LogP contribution in [-0.2, 0) is 0 Å². The van der Waals surface area contributed by atoms with Gasteiger partial charge in [0.25, 0.3) is 6.71 Å². The van der Waals surface area contributed by atoms with Gasteiger partial charge in [0.2, 0.25) is 6.71 Å². The van der Waals surface area contributed by atoms with E-state index in [1.165, 1.54) is 94.1 Å². The van der Waals surface area contributed by atoms with E-state index in [0.29, 0.717) is 0 Å². The van der Waals surface area contributed by atoms with Gasteiger partial charge >= 0.3 is 0 Å². The average molecular weight is 683 g/mol. The Kier molecular flexibility index (Phi) is 4.90. The molecule has 0 bridgehead atoms. The van der Waals surface area contributed by atoms with Crippen LogP contribution in [0.15, 0.2) is 164 Å². The zero-order chi connectivity index (χ0) is 34.8. The number of ether oxygens (including phenoxy) is 1. The van der Waals surface area contributed by atoms with Gasteiger partial charge < -0.3 is 19.1 Å². The van der Waals surface area contributed by atoms with Crippen molar-refractivity contribution in [1.29, 1.82) is 0 Å². The zero-order valence-electron chi connectivity index (χ0n) is 29.0.